The summed E-state index contributed by atoms with van der Waals surface area (Å²) in [5.41, 5.74) is -2.00. The summed E-state index contributed by atoms with van der Waals surface area (Å²) in [4.78, 5) is 38.6. The average molecular weight is 674 g/mol. The Morgan fingerprint density at radius 2 is 1.69 bits per heavy atom. The fraction of sp³-hybridized carbons (Fsp3) is 0.483. The van der Waals surface area contributed by atoms with E-state index >= 15 is 0 Å². The maximum atomic E-state index is 13.8. The Morgan fingerprint density at radius 1 is 1.07 bits per heavy atom. The number of hydrogen-bond acceptors (Lipinski definition) is 8. The minimum atomic E-state index is -4.16. The van der Waals surface area contributed by atoms with Crippen LogP contribution in [0.5, 0.6) is 0 Å². The number of aliphatic hydroxyl groups is 2. The molecule has 0 aromatic heterocycles. The van der Waals surface area contributed by atoms with Gasteiger partial charge in [-0.2, -0.15) is 0 Å². The van der Waals surface area contributed by atoms with Crippen LogP contribution in [0, 0.1) is 29.3 Å². The number of nitrogens with one attached hydrogen (secondary N) is 2. The Bertz CT molecular complexity index is 1610. The molecule has 16 heteroatoms. The van der Waals surface area contributed by atoms with Crippen LogP contribution in [0.25, 0.3) is 0 Å². The number of methoxy groups -OCH3 is 1. The first-order valence-corrected chi connectivity index (χ1v) is 16.1. The highest BCUT2D eigenvalue weighted by atomic mass is 35.5. The first-order valence-electron chi connectivity index (χ1n) is 14.2. The molecule has 4 atom stereocenters. The molecule has 1 saturated heterocycles. The smallest absolute Gasteiger partial charge is 0.410 e. The van der Waals surface area contributed by atoms with Gasteiger partial charge in [0.25, 0.3) is 5.91 Å². The number of carbonyl (C=O) groups is 3. The summed E-state index contributed by atoms with van der Waals surface area (Å²) in [6, 6.07) is 3.44. The molecule has 3 amide bonds. The van der Waals surface area contributed by atoms with Gasteiger partial charge in [-0.05, 0) is 62.1 Å². The third-order valence-electron chi connectivity index (χ3n) is 9.14. The molecule has 3 fully saturated rings. The molecular weight excluding hydrogens is 643 g/mol. The van der Waals surface area contributed by atoms with Crippen LogP contribution in [-0.4, -0.2) is 84.6 Å². The molecule has 11 nitrogen and oxygen atoms in total. The predicted molar refractivity (Wildman–Crippen MR) is 154 cm³/mol. The van der Waals surface area contributed by atoms with Crippen LogP contribution in [-0.2, 0) is 19.4 Å². The third-order valence-corrected chi connectivity index (χ3v) is 11.8. The summed E-state index contributed by atoms with van der Waals surface area (Å²) >= 11 is 6.27. The van der Waals surface area contributed by atoms with Gasteiger partial charge in [-0.15, -0.1) is 0 Å². The number of rotatable bonds is 7. The van der Waals surface area contributed by atoms with E-state index in [1.165, 1.54) is 12.1 Å². The van der Waals surface area contributed by atoms with E-state index in [0.29, 0.717) is 25.0 Å². The van der Waals surface area contributed by atoms with Crippen molar-refractivity contribution in [3.05, 3.63) is 58.4 Å². The average Bonchev–Trinajstić information content (AvgIpc) is 3.41. The highest BCUT2D eigenvalue weighted by Gasteiger charge is 2.56. The van der Waals surface area contributed by atoms with E-state index in [9.17, 15) is 46.2 Å². The summed E-state index contributed by atoms with van der Waals surface area (Å²) in [5.74, 6) is -7.36. The molecule has 2 bridgehead atoms. The Morgan fingerprint density at radius 3 is 2.29 bits per heavy atom. The number of benzene rings is 2. The quantitative estimate of drug-likeness (QED) is 0.326. The maximum Gasteiger partial charge on any atom is 0.410 e. The molecule has 5 rings (SSSR count). The number of ether oxygens (including phenoxy) is 1. The van der Waals surface area contributed by atoms with Gasteiger partial charge in [-0.3, -0.25) is 14.5 Å². The minimum Gasteiger partial charge on any atom is -0.453 e. The van der Waals surface area contributed by atoms with Crippen molar-refractivity contribution in [1.82, 2.24) is 10.2 Å². The lowest BCUT2D eigenvalue weighted by Gasteiger charge is -2.42. The number of likely N-dealkylation sites (tertiary alicyclic amines) is 1. The number of sulfone groups is 1. The van der Waals surface area contributed by atoms with Crippen LogP contribution in [0.4, 0.5) is 23.7 Å². The Labute approximate surface area is 261 Å². The molecule has 4 N–H and O–H groups in total. The van der Waals surface area contributed by atoms with Crippen LogP contribution in [0.3, 0.4) is 0 Å². The molecule has 2 aliphatic carbocycles. The Hall–Kier alpha value is -3.40. The van der Waals surface area contributed by atoms with E-state index in [2.05, 4.69) is 15.4 Å². The van der Waals surface area contributed by atoms with Gasteiger partial charge >= 0.3 is 6.09 Å². The van der Waals surface area contributed by atoms with E-state index in [1.807, 2.05) is 0 Å². The van der Waals surface area contributed by atoms with E-state index in [0.717, 1.165) is 18.1 Å². The van der Waals surface area contributed by atoms with Crippen molar-refractivity contribution in [1.29, 1.82) is 0 Å². The van der Waals surface area contributed by atoms with Crippen LogP contribution >= 0.6 is 11.6 Å². The monoisotopic (exact) mass is 673 g/mol. The van der Waals surface area contributed by atoms with Crippen LogP contribution in [0.2, 0.25) is 5.02 Å². The fourth-order valence-corrected chi connectivity index (χ4v) is 9.17. The molecule has 2 aromatic rings. The van der Waals surface area contributed by atoms with Crippen molar-refractivity contribution in [3.8, 4) is 0 Å². The topological polar surface area (TPSA) is 162 Å². The van der Waals surface area contributed by atoms with Crippen LogP contribution in [0.1, 0.15) is 42.5 Å². The van der Waals surface area contributed by atoms with Gasteiger partial charge in [0, 0.05) is 36.5 Å². The van der Waals surface area contributed by atoms with E-state index < -0.39 is 80.0 Å². The van der Waals surface area contributed by atoms with Crippen molar-refractivity contribution < 1.29 is 50.9 Å². The second kappa shape index (κ2) is 12.4. The van der Waals surface area contributed by atoms with Crippen LogP contribution in [0.15, 0.2) is 35.2 Å². The number of aliphatic hydroxyl groups excluding tert-OH is 1. The Balaban J connectivity index is 1.29. The zero-order valence-electron chi connectivity index (χ0n) is 23.9. The van der Waals surface area contributed by atoms with Crippen molar-refractivity contribution >= 4 is 45.0 Å². The Kier molecular flexibility index (Phi) is 9.10. The number of halogens is 4. The number of fused-ring (bicyclic) bond motifs is 2. The molecule has 2 aromatic carbocycles. The fourth-order valence-electron chi connectivity index (χ4n) is 6.77. The summed E-state index contributed by atoms with van der Waals surface area (Å²) < 4.78 is 72.8. The molecule has 1 aliphatic heterocycles. The first-order chi connectivity index (χ1) is 21.2. The molecular formula is C29H31ClF3N3O8S. The molecule has 0 radical (unpaired) electrons. The second-order valence-electron chi connectivity index (χ2n) is 11.6. The van der Waals surface area contributed by atoms with E-state index in [4.69, 9.17) is 11.6 Å². The van der Waals surface area contributed by atoms with Crippen molar-refractivity contribution in [2.45, 2.75) is 60.0 Å². The lowest BCUT2D eigenvalue weighted by Crippen LogP contribution is -2.58. The van der Waals surface area contributed by atoms with Gasteiger partial charge in [0.2, 0.25) is 5.91 Å². The molecule has 0 spiro atoms. The van der Waals surface area contributed by atoms with Gasteiger partial charge in [0.05, 0.1) is 34.0 Å². The molecule has 2 unspecified atom stereocenters. The van der Waals surface area contributed by atoms with Gasteiger partial charge in [-0.1, -0.05) is 11.6 Å². The van der Waals surface area contributed by atoms with Gasteiger partial charge < -0.3 is 25.6 Å². The number of anilines is 1. The number of amides is 3. The minimum absolute atomic E-state index is 0.0342. The largest absolute Gasteiger partial charge is 0.453 e. The molecule has 1 heterocycles. The molecule has 3 aliphatic rings. The first kappa shape index (κ1) is 33.0. The van der Waals surface area contributed by atoms with Crippen molar-refractivity contribution in [2.75, 3.05) is 25.5 Å². The van der Waals surface area contributed by atoms with E-state index in [1.54, 1.807) is 0 Å². The summed E-state index contributed by atoms with van der Waals surface area (Å²) in [6.07, 6.45) is -0.656. The standard InChI is InChI=1S/C29H31ClF3N3O8S/c1-44-28(40)36-7-6-22(37)25(36)27(39)34-13-29(41)15-3-4-16(29)10-18(9-15)45(42,43)23-8-14(2-5-19(23)30)26(38)35-17-11-20(31)24(33)21(32)12-17/h2,5,8,11-12,15-16,18,22,25,37,41H,3-4,6-7,9-10,13H2,1H3,(H,34,39)(H,35,38)/t15?,16?,18?,22-,25+,29?/m1/s1. The van der Waals surface area contributed by atoms with Crippen molar-refractivity contribution in [2.24, 2.45) is 11.8 Å². The number of nitrogens with zero attached hydrogens (tertiary/aromatic N) is 1. The summed E-state index contributed by atoms with van der Waals surface area (Å²) in [6.45, 7) is -0.0943. The highest BCUT2D eigenvalue weighted by Crippen LogP contribution is 2.52. The third kappa shape index (κ3) is 6.10. The predicted octanol–water partition coefficient (Wildman–Crippen LogP) is 3.02. The normalized spacial score (nSPS) is 27.7. The highest BCUT2D eigenvalue weighted by molar-refractivity contribution is 7.92. The number of carbonyl (C=O) groups excluding carboxylic acids is 3. The lowest BCUT2D eigenvalue weighted by atomic mass is 9.74. The van der Waals surface area contributed by atoms with Gasteiger partial charge in [-0.25, -0.2) is 26.4 Å². The van der Waals surface area contributed by atoms with Crippen molar-refractivity contribution in [3.63, 3.8) is 0 Å². The summed E-state index contributed by atoms with van der Waals surface area (Å²) in [5, 5.41) is 25.6. The summed E-state index contributed by atoms with van der Waals surface area (Å²) in [7, 11) is -3.00. The molecule has 2 saturated carbocycles. The van der Waals surface area contributed by atoms with E-state index in [-0.39, 0.29) is 53.5 Å². The van der Waals surface area contributed by atoms with Gasteiger partial charge in [0.15, 0.2) is 27.3 Å². The van der Waals surface area contributed by atoms with Gasteiger partial charge in [0.1, 0.15) is 6.04 Å². The number of hydrogen-bond donors (Lipinski definition) is 4. The zero-order chi connectivity index (χ0) is 32.8. The second-order valence-corrected chi connectivity index (χ2v) is 14.2. The molecule has 45 heavy (non-hydrogen) atoms. The molecule has 244 valence electrons. The van der Waals surface area contributed by atoms with Crippen LogP contribution < -0.4 is 10.6 Å². The lowest BCUT2D eigenvalue weighted by molar-refractivity contribution is -0.130. The maximum absolute atomic E-state index is 13.8. The zero-order valence-corrected chi connectivity index (χ0v) is 25.5. The SMILES string of the molecule is COC(=O)N1CC[C@@H](O)[C@H]1C(=O)NCC1(O)C2CCC1CC(S(=O)(=O)c1cc(C(=O)Nc3cc(F)c(F)c(F)c3)ccc1Cl)C2.